The van der Waals surface area contributed by atoms with Crippen molar-refractivity contribution in [2.75, 3.05) is 180 Å². The first-order valence-electron chi connectivity index (χ1n) is 32.8. The van der Waals surface area contributed by atoms with E-state index < -0.39 is 72.2 Å². The minimum atomic E-state index is -1.01. The molecule has 10 N–H and O–H groups in total. The molecule has 0 aromatic heterocycles. The number of nitrogens with one attached hydrogen (secondary N) is 5. The average Bonchev–Trinajstić information content (AvgIpc) is 0.927. The number of rotatable bonds is 44. The number of carbonyl (C=O) groups is 17. The molecule has 588 valence electrons. The zero-order chi connectivity index (χ0) is 78.5. The Morgan fingerprint density at radius 3 is 0.902 bits per heavy atom. The van der Waals surface area contributed by atoms with Gasteiger partial charge in [-0.2, -0.15) is 0 Å². The molecule has 2 heterocycles. The summed E-state index contributed by atoms with van der Waals surface area (Å²) >= 11 is 0. The van der Waals surface area contributed by atoms with Crippen molar-refractivity contribution >= 4 is 99.7 Å². The molecule has 0 unspecified atom stereocenters. The standard InChI is InChI=1S/C11H19NO4.C10H17NO4.2C9H15NO5.C9H17NO4.C8H13NO5.C8H15NO4/c1-2-16-8-10(14)7-11(15)12-5-3-9(13)4-6-12;1-15-7-9(13)6-10(14)11-4-2-8(12)3-5-11;1-3-15-9(13)7(11)6-8(12)10-4-5-14-2;1-2-15-9(14)7(12)6-8(13)10-4-3-5-11;1-2-14-7-8(12)6-9(13)10-4-3-5-11;1-13-4-3-9-7(11)5-6(10)8(12)14-2;1-13-6-7(11)5-8(12)9-3-2-4-10/h9,13H,2-8H2,1H3;8,12H,2-7H2,1H3;3-6H2,1-2H3,(H,10,12);11H,2-6H2,1H3,(H,10,13);11H,2-7H2,1H3,(H,10,13);3-5H2,1-2H3,(H,9,11);10H,2-6H2,1H3,(H,9,12). The molecule has 2 rings (SSSR count). The molecule has 2 fully saturated rings. The van der Waals surface area contributed by atoms with E-state index in [0.29, 0.717) is 124 Å². The number of likely N-dealkylation sites (tertiary alicyclic amines) is 2. The number of hydrogen-bond acceptors (Lipinski definition) is 31. The second-order valence-corrected chi connectivity index (χ2v) is 20.9. The van der Waals surface area contributed by atoms with Crippen LogP contribution in [0.1, 0.15) is 118 Å². The largest absolute Gasteiger partial charge is 0.463 e. The number of aliphatic hydroxyl groups is 5. The summed E-state index contributed by atoms with van der Waals surface area (Å²) in [6, 6.07) is 0. The monoisotopic (exact) mass is 1470 g/mol. The number of Topliss-reactive ketones (excluding diaryl/α,β-unsaturated/α-hetero) is 7. The number of aliphatic hydroxyl groups excluding tert-OH is 5. The van der Waals surface area contributed by atoms with Gasteiger partial charge in [-0.25, -0.2) is 14.4 Å². The molecule has 102 heavy (non-hydrogen) atoms. The van der Waals surface area contributed by atoms with Crippen LogP contribution in [0.2, 0.25) is 0 Å². The molecule has 7 amide bonds. The van der Waals surface area contributed by atoms with Gasteiger partial charge in [-0.05, 0) is 72.6 Å². The van der Waals surface area contributed by atoms with E-state index in [9.17, 15) is 91.7 Å². The number of nitrogens with zero attached hydrogens (tertiary/aromatic N) is 2. The second kappa shape index (κ2) is 71.3. The van der Waals surface area contributed by atoms with E-state index in [-0.39, 0.29) is 151 Å². The molecule has 2 aliphatic rings. The molecule has 0 aromatic carbocycles. The molecular formula is C64H111N7O31. The van der Waals surface area contributed by atoms with E-state index in [4.69, 9.17) is 29.5 Å². The quantitative estimate of drug-likeness (QED) is 0.00900. The molecule has 0 aromatic rings. The highest BCUT2D eigenvalue weighted by molar-refractivity contribution is 6.38. The maximum atomic E-state index is 11.6. The lowest BCUT2D eigenvalue weighted by Crippen LogP contribution is -2.41. The van der Waals surface area contributed by atoms with Crippen molar-refractivity contribution in [2.45, 2.75) is 130 Å². The number of amides is 7. The predicted octanol–water partition coefficient (Wildman–Crippen LogP) is -4.73. The maximum Gasteiger partial charge on any atom is 0.375 e. The minimum absolute atomic E-state index is 0.0100. The fraction of sp³-hybridized carbons (Fsp3) is 0.734. The van der Waals surface area contributed by atoms with E-state index in [1.165, 1.54) is 28.4 Å². The van der Waals surface area contributed by atoms with Crippen LogP contribution in [0.25, 0.3) is 0 Å². The van der Waals surface area contributed by atoms with E-state index in [0.717, 1.165) is 7.11 Å². The third kappa shape index (κ3) is 66.5. The zero-order valence-electron chi connectivity index (χ0n) is 60.4. The molecule has 0 aliphatic carbocycles. The molecule has 38 nitrogen and oxygen atoms in total. The fourth-order valence-corrected chi connectivity index (χ4v) is 7.12. The Morgan fingerprint density at radius 2 is 0.627 bits per heavy atom. The first-order valence-corrected chi connectivity index (χ1v) is 32.8. The van der Waals surface area contributed by atoms with Gasteiger partial charge in [0, 0.05) is 120 Å². The number of ether oxygens (including phenoxy) is 9. The minimum Gasteiger partial charge on any atom is -0.463 e. The Kier molecular flexibility index (Phi) is 71.8. The number of ketones is 7. The molecule has 0 atom stereocenters. The van der Waals surface area contributed by atoms with Gasteiger partial charge in [-0.3, -0.25) is 67.1 Å². The van der Waals surface area contributed by atoms with Crippen molar-refractivity contribution in [3.05, 3.63) is 0 Å². The van der Waals surface area contributed by atoms with Crippen molar-refractivity contribution in [2.24, 2.45) is 0 Å². The first-order chi connectivity index (χ1) is 48.5. The molecule has 2 aliphatic heterocycles. The van der Waals surface area contributed by atoms with Crippen LogP contribution in [-0.2, 0) is 124 Å². The van der Waals surface area contributed by atoms with Crippen molar-refractivity contribution in [1.29, 1.82) is 0 Å². The molecule has 2 saturated heterocycles. The summed E-state index contributed by atoms with van der Waals surface area (Å²) in [4.78, 5) is 191. The first kappa shape index (κ1) is 103. The van der Waals surface area contributed by atoms with Crippen LogP contribution >= 0.6 is 0 Å². The molecule has 0 spiro atoms. The highest BCUT2D eigenvalue weighted by Gasteiger charge is 2.25. The SMILES string of the molecule is CCOC(=O)C(=O)CC(=O)NCCCO.CCOC(=O)C(=O)CC(=O)NCCOC.CCOCC(=O)CC(=O)N1CCC(O)CC1.CCOCC(=O)CC(=O)NCCCO.COCC(=O)CC(=O)N1CCC(O)CC1.COCC(=O)CC(=O)NCCCO.COCCNC(=O)CC(=O)C(=O)OC. The van der Waals surface area contributed by atoms with E-state index >= 15 is 0 Å². The molecule has 0 saturated carbocycles. The van der Waals surface area contributed by atoms with Crippen molar-refractivity contribution < 1.29 is 150 Å². The molecular weight excluding hydrogens is 1360 g/mol. The van der Waals surface area contributed by atoms with Crippen LogP contribution < -0.4 is 26.6 Å². The lowest BCUT2D eigenvalue weighted by Gasteiger charge is -2.29. The van der Waals surface area contributed by atoms with Gasteiger partial charge in [0.25, 0.3) is 0 Å². The van der Waals surface area contributed by atoms with Gasteiger partial charge in [0.05, 0.1) is 90.7 Å². The summed E-state index contributed by atoms with van der Waals surface area (Å²) in [5, 5.41) is 56.0. The van der Waals surface area contributed by atoms with Gasteiger partial charge < -0.3 is 105 Å². The summed E-state index contributed by atoms with van der Waals surface area (Å²) in [5.41, 5.74) is 0. The number of methoxy groups -OCH3 is 5. The lowest BCUT2D eigenvalue weighted by molar-refractivity contribution is -0.154. The van der Waals surface area contributed by atoms with E-state index in [1.54, 1.807) is 37.5 Å². The van der Waals surface area contributed by atoms with Gasteiger partial charge in [-0.15, -0.1) is 0 Å². The van der Waals surface area contributed by atoms with E-state index in [1.807, 2.05) is 0 Å². The number of esters is 3. The summed E-state index contributed by atoms with van der Waals surface area (Å²) in [6.07, 6.45) is 1.26. The zero-order valence-corrected chi connectivity index (χ0v) is 60.4. The lowest BCUT2D eigenvalue weighted by atomic mass is 10.1. The Bertz CT molecular complexity index is 2400. The summed E-state index contributed by atoms with van der Waals surface area (Å²) in [5.74, 6) is -8.92. The molecule has 38 heteroatoms. The summed E-state index contributed by atoms with van der Waals surface area (Å²) in [7, 11) is 6.91. The van der Waals surface area contributed by atoms with Crippen molar-refractivity contribution in [3.63, 3.8) is 0 Å². The van der Waals surface area contributed by atoms with Gasteiger partial charge in [0.2, 0.25) is 58.7 Å². The van der Waals surface area contributed by atoms with Crippen LogP contribution in [0.4, 0.5) is 0 Å². The van der Waals surface area contributed by atoms with Crippen LogP contribution in [0, 0.1) is 0 Å². The maximum absolute atomic E-state index is 11.6. The second-order valence-electron chi connectivity index (χ2n) is 20.9. The topological polar surface area (TPSA) is 541 Å². The molecule has 0 bridgehead atoms. The highest BCUT2D eigenvalue weighted by Crippen LogP contribution is 2.12. The van der Waals surface area contributed by atoms with Gasteiger partial charge in [0.1, 0.15) is 26.4 Å². The molecule has 0 radical (unpaired) electrons. The van der Waals surface area contributed by atoms with Gasteiger partial charge in [0.15, 0.2) is 23.1 Å². The number of piperidine rings is 2. The average molecular weight is 1470 g/mol. The summed E-state index contributed by atoms with van der Waals surface area (Å²) in [6.45, 7) is 12.5. The van der Waals surface area contributed by atoms with Crippen LogP contribution in [0.5, 0.6) is 0 Å². The van der Waals surface area contributed by atoms with Crippen LogP contribution in [0.15, 0.2) is 0 Å². The third-order valence-corrected chi connectivity index (χ3v) is 12.2. The Labute approximate surface area is 594 Å². The van der Waals surface area contributed by atoms with Crippen molar-refractivity contribution in [1.82, 2.24) is 36.4 Å². The summed E-state index contributed by atoms with van der Waals surface area (Å²) < 4.78 is 41.4. The van der Waals surface area contributed by atoms with Crippen LogP contribution in [-0.4, -0.2) is 328 Å². The number of hydrogen-bond donors (Lipinski definition) is 10. The fourth-order valence-electron chi connectivity index (χ4n) is 7.12. The van der Waals surface area contributed by atoms with E-state index in [2.05, 4.69) is 55.0 Å². The van der Waals surface area contributed by atoms with Crippen molar-refractivity contribution in [3.8, 4) is 0 Å². The third-order valence-electron chi connectivity index (χ3n) is 12.2. The van der Waals surface area contributed by atoms with Gasteiger partial charge in [-0.1, -0.05) is 0 Å². The smallest absolute Gasteiger partial charge is 0.375 e. The predicted molar refractivity (Wildman–Crippen MR) is 357 cm³/mol. The highest BCUT2D eigenvalue weighted by atomic mass is 16.5. The van der Waals surface area contributed by atoms with Crippen LogP contribution in [0.3, 0.4) is 0 Å². The Morgan fingerprint density at radius 1 is 0.353 bits per heavy atom. The Hall–Kier alpha value is -8.05. The number of carbonyl (C=O) groups excluding carboxylic acids is 17. The normalized spacial score (nSPS) is 12.0. The van der Waals surface area contributed by atoms with Gasteiger partial charge >= 0.3 is 17.9 Å². The Balaban J connectivity index is -0.000000359.